The van der Waals surface area contributed by atoms with Crippen LogP contribution in [0.1, 0.15) is 11.3 Å². The van der Waals surface area contributed by atoms with Crippen molar-refractivity contribution < 1.29 is 8.42 Å². The highest BCUT2D eigenvalue weighted by Gasteiger charge is 1.97. The van der Waals surface area contributed by atoms with Crippen LogP contribution in [0.4, 0.5) is 0 Å². The second-order valence-electron chi connectivity index (χ2n) is 2.10. The number of nitrogens with zero attached hydrogens (tertiary/aromatic N) is 1. The van der Waals surface area contributed by atoms with Crippen molar-refractivity contribution in [2.24, 2.45) is 0 Å². The van der Waals surface area contributed by atoms with E-state index in [9.17, 15) is 8.42 Å². The van der Waals surface area contributed by atoms with E-state index in [0.29, 0.717) is 11.3 Å². The Bertz CT molecular complexity index is 312. The second kappa shape index (κ2) is 3.48. The molecule has 11 heavy (non-hydrogen) atoms. The minimum Gasteiger partial charge on any atom is -0.261 e. The lowest BCUT2D eigenvalue weighted by Crippen LogP contribution is -1.92. The van der Waals surface area contributed by atoms with Crippen LogP contribution in [0.3, 0.4) is 0 Å². The number of hydrogen-bond acceptors (Lipinski definition) is 3. The Morgan fingerprint density at radius 2 is 2.27 bits per heavy atom. The molecule has 0 bridgehead atoms. The van der Waals surface area contributed by atoms with Gasteiger partial charge in [-0.05, 0) is 18.6 Å². The highest BCUT2D eigenvalue weighted by Crippen LogP contribution is 2.03. The molecule has 1 rings (SSSR count). The molecule has 0 amide bonds. The molecule has 0 saturated heterocycles. The van der Waals surface area contributed by atoms with E-state index < -0.39 is 10.7 Å². The smallest absolute Gasteiger partial charge is 0.144 e. The summed E-state index contributed by atoms with van der Waals surface area (Å²) < 4.78 is 20.6. The number of rotatable bonds is 2. The molecular formula is C7H8NO2S. The van der Waals surface area contributed by atoms with Crippen LogP contribution < -0.4 is 0 Å². The second-order valence-corrected chi connectivity index (χ2v) is 3.08. The van der Waals surface area contributed by atoms with Gasteiger partial charge in [0.2, 0.25) is 0 Å². The fraction of sp³-hybridized carbons (Fsp3) is 0.143. The van der Waals surface area contributed by atoms with Gasteiger partial charge in [0.05, 0.1) is 5.75 Å². The zero-order valence-corrected chi connectivity index (χ0v) is 6.75. The largest absolute Gasteiger partial charge is 0.261 e. The summed E-state index contributed by atoms with van der Waals surface area (Å²) in [5.41, 5.74) is 1.20. The van der Waals surface area contributed by atoms with Gasteiger partial charge in [0.25, 0.3) is 0 Å². The first-order valence-electron chi connectivity index (χ1n) is 3.08. The molecule has 0 saturated carbocycles. The molecule has 0 N–H and O–H groups in total. The zero-order chi connectivity index (χ0) is 8.27. The maximum absolute atomic E-state index is 10.3. The van der Waals surface area contributed by atoms with E-state index in [4.69, 9.17) is 0 Å². The molecule has 3 nitrogen and oxygen atoms in total. The molecule has 1 aromatic heterocycles. The van der Waals surface area contributed by atoms with Crippen LogP contribution >= 0.6 is 0 Å². The summed E-state index contributed by atoms with van der Waals surface area (Å²) >= 11 is 0. The predicted molar refractivity (Wildman–Crippen MR) is 42.7 cm³/mol. The van der Waals surface area contributed by atoms with Crippen molar-refractivity contribution in [3.8, 4) is 0 Å². The number of aromatic nitrogens is 1. The Hall–Kier alpha value is -0.900. The monoisotopic (exact) mass is 170 g/mol. The lowest BCUT2D eigenvalue weighted by Gasteiger charge is -1.97. The molecule has 59 valence electrons. The van der Waals surface area contributed by atoms with Gasteiger partial charge in [-0.2, -0.15) is 0 Å². The lowest BCUT2D eigenvalue weighted by molar-refractivity contribution is 0.613. The van der Waals surface area contributed by atoms with Gasteiger partial charge >= 0.3 is 0 Å². The first-order valence-corrected chi connectivity index (χ1v) is 4.44. The summed E-state index contributed by atoms with van der Waals surface area (Å²) in [5.74, 6) is 0.0298. The van der Waals surface area contributed by atoms with Crippen LogP contribution in [0.2, 0.25) is 0 Å². The Kier molecular flexibility index (Phi) is 2.59. The van der Waals surface area contributed by atoms with Crippen molar-refractivity contribution in [3.05, 3.63) is 36.5 Å². The van der Waals surface area contributed by atoms with Crippen LogP contribution in [0.15, 0.2) is 18.3 Å². The molecule has 0 spiro atoms. The van der Waals surface area contributed by atoms with Crippen molar-refractivity contribution in [1.29, 1.82) is 0 Å². The molecular weight excluding hydrogens is 162 g/mol. The topological polar surface area (TPSA) is 47.0 Å². The summed E-state index contributed by atoms with van der Waals surface area (Å²) in [4.78, 5) is 3.85. The quantitative estimate of drug-likeness (QED) is 0.652. The third-order valence-corrected chi connectivity index (χ3v) is 1.88. The molecule has 4 heteroatoms. The highest BCUT2D eigenvalue weighted by molar-refractivity contribution is 7.71. The van der Waals surface area contributed by atoms with E-state index in [1.54, 1.807) is 18.3 Å². The summed E-state index contributed by atoms with van der Waals surface area (Å²) in [5, 5.41) is 0. The van der Waals surface area contributed by atoms with E-state index in [0.717, 1.165) is 0 Å². The Morgan fingerprint density at radius 3 is 2.82 bits per heavy atom. The van der Waals surface area contributed by atoms with E-state index in [1.165, 1.54) is 0 Å². The van der Waals surface area contributed by atoms with Gasteiger partial charge in [0, 0.05) is 11.9 Å². The average Bonchev–Trinajstić information content (AvgIpc) is 1.93. The van der Waals surface area contributed by atoms with Crippen LogP contribution in [-0.4, -0.2) is 13.4 Å². The Balaban J connectivity index is 2.94. The van der Waals surface area contributed by atoms with Crippen LogP contribution in [0.25, 0.3) is 0 Å². The molecule has 1 radical (unpaired) electrons. The zero-order valence-electron chi connectivity index (χ0n) is 5.86. The molecule has 0 atom stereocenters. The van der Waals surface area contributed by atoms with Crippen LogP contribution in [0, 0.1) is 6.92 Å². The summed E-state index contributed by atoms with van der Waals surface area (Å²) in [6.07, 6.45) is 1.59. The first kappa shape index (κ1) is 8.20. The number of hydrogen-bond donors (Lipinski definition) is 1. The highest BCUT2D eigenvalue weighted by atomic mass is 32.2. The first-order chi connectivity index (χ1) is 5.20. The fourth-order valence-corrected chi connectivity index (χ4v) is 1.32. The SMILES string of the molecule is [CH2]c1ncccc1C[SH](=O)=O. The fourth-order valence-electron chi connectivity index (χ4n) is 0.754. The van der Waals surface area contributed by atoms with Gasteiger partial charge in [-0.15, -0.1) is 0 Å². The maximum Gasteiger partial charge on any atom is 0.144 e. The lowest BCUT2D eigenvalue weighted by atomic mass is 10.2. The van der Waals surface area contributed by atoms with Crippen molar-refractivity contribution in [3.63, 3.8) is 0 Å². The van der Waals surface area contributed by atoms with E-state index in [-0.39, 0.29) is 5.75 Å². The Labute approximate surface area is 67.0 Å². The molecule has 0 aromatic carbocycles. The molecule has 0 aliphatic heterocycles. The normalized spacial score (nSPS) is 10.4. The van der Waals surface area contributed by atoms with Crippen molar-refractivity contribution in [1.82, 2.24) is 4.98 Å². The summed E-state index contributed by atoms with van der Waals surface area (Å²) in [7, 11) is -2.37. The van der Waals surface area contributed by atoms with Gasteiger partial charge in [-0.3, -0.25) is 4.98 Å². The molecule has 0 aliphatic rings. The maximum atomic E-state index is 10.3. The van der Waals surface area contributed by atoms with Crippen molar-refractivity contribution in [2.75, 3.05) is 0 Å². The Morgan fingerprint density at radius 1 is 1.55 bits per heavy atom. The molecule has 0 unspecified atom stereocenters. The molecule has 1 heterocycles. The predicted octanol–water partition coefficient (Wildman–Crippen LogP) is 0.375. The van der Waals surface area contributed by atoms with Gasteiger partial charge in [-0.25, -0.2) is 8.42 Å². The minimum atomic E-state index is -2.37. The third kappa shape index (κ3) is 2.31. The number of pyridine rings is 1. The number of thiol groups is 1. The van der Waals surface area contributed by atoms with Gasteiger partial charge in [0.1, 0.15) is 10.7 Å². The van der Waals surface area contributed by atoms with Crippen molar-refractivity contribution in [2.45, 2.75) is 5.75 Å². The molecule has 1 aromatic rings. The summed E-state index contributed by atoms with van der Waals surface area (Å²) in [6, 6.07) is 3.41. The van der Waals surface area contributed by atoms with Gasteiger partial charge in [-0.1, -0.05) is 6.07 Å². The molecule has 0 fully saturated rings. The van der Waals surface area contributed by atoms with E-state index in [1.807, 2.05) is 0 Å². The average molecular weight is 170 g/mol. The standard InChI is InChI=1S/C7H8NO2S/c1-6-7(5-11(9)10)3-2-4-8-6/h2-4,11H,1,5H2. The van der Waals surface area contributed by atoms with E-state index in [2.05, 4.69) is 11.9 Å². The third-order valence-electron chi connectivity index (χ3n) is 1.28. The summed E-state index contributed by atoms with van der Waals surface area (Å²) in [6.45, 7) is 3.60. The van der Waals surface area contributed by atoms with Crippen molar-refractivity contribution >= 4 is 10.7 Å². The van der Waals surface area contributed by atoms with Gasteiger partial charge in [0.15, 0.2) is 0 Å². The van der Waals surface area contributed by atoms with Gasteiger partial charge < -0.3 is 0 Å². The van der Waals surface area contributed by atoms with E-state index >= 15 is 0 Å². The van der Waals surface area contributed by atoms with Crippen LogP contribution in [0.5, 0.6) is 0 Å². The minimum absolute atomic E-state index is 0.0298. The molecule has 0 aliphatic carbocycles. The van der Waals surface area contributed by atoms with Crippen LogP contribution in [-0.2, 0) is 16.5 Å².